The van der Waals surface area contributed by atoms with Crippen molar-refractivity contribution in [2.75, 3.05) is 52.9 Å². The van der Waals surface area contributed by atoms with Gasteiger partial charge in [-0.25, -0.2) is 13.1 Å². The van der Waals surface area contributed by atoms with Crippen LogP contribution in [0, 0.1) is 5.92 Å². The molecule has 1 fully saturated rings. The summed E-state index contributed by atoms with van der Waals surface area (Å²) in [6, 6.07) is 3.34. The SMILES string of the molecule is CN=C(NCCNS(=O)(=O)c1cccs1)N1CCN(CC(C)C)CC1.I. The summed E-state index contributed by atoms with van der Waals surface area (Å²) in [6.07, 6.45) is 0. The predicted molar refractivity (Wildman–Crippen MR) is 119 cm³/mol. The lowest BCUT2D eigenvalue weighted by molar-refractivity contribution is 0.164. The molecule has 0 saturated carbocycles. The zero-order valence-electron chi connectivity index (χ0n) is 15.6. The number of sulfonamides is 1. The van der Waals surface area contributed by atoms with E-state index in [9.17, 15) is 8.42 Å². The summed E-state index contributed by atoms with van der Waals surface area (Å²) >= 11 is 1.22. The Kier molecular flexibility index (Phi) is 10.4. The van der Waals surface area contributed by atoms with E-state index >= 15 is 0 Å². The fourth-order valence-electron chi connectivity index (χ4n) is 2.84. The number of guanidine groups is 1. The van der Waals surface area contributed by atoms with Gasteiger partial charge in [0, 0.05) is 52.9 Å². The van der Waals surface area contributed by atoms with E-state index in [-0.39, 0.29) is 24.0 Å². The largest absolute Gasteiger partial charge is 0.355 e. The molecule has 2 heterocycles. The van der Waals surface area contributed by atoms with Crippen molar-refractivity contribution >= 4 is 51.3 Å². The van der Waals surface area contributed by atoms with Crippen molar-refractivity contribution in [3.05, 3.63) is 17.5 Å². The van der Waals surface area contributed by atoms with E-state index in [4.69, 9.17) is 0 Å². The Hall–Kier alpha value is -0.430. The van der Waals surface area contributed by atoms with Crippen LogP contribution in [0.3, 0.4) is 0 Å². The lowest BCUT2D eigenvalue weighted by atomic mass is 10.2. The summed E-state index contributed by atoms with van der Waals surface area (Å²) in [5.74, 6) is 1.51. The highest BCUT2D eigenvalue weighted by Gasteiger charge is 2.20. The van der Waals surface area contributed by atoms with E-state index in [2.05, 4.69) is 38.7 Å². The van der Waals surface area contributed by atoms with Crippen molar-refractivity contribution in [2.24, 2.45) is 10.9 Å². The molecule has 2 N–H and O–H groups in total. The fourth-order valence-corrected chi connectivity index (χ4v) is 4.91. The summed E-state index contributed by atoms with van der Waals surface area (Å²) < 4.78 is 27.1. The molecule has 0 atom stereocenters. The standard InChI is InChI=1S/C16H29N5O2S2.HI/c1-14(2)13-20-8-10-21(11-9-20)16(17-3)18-6-7-19-25(22,23)15-5-4-12-24-15;/h4-5,12,14,19H,6-11,13H2,1-3H3,(H,17,18);1H. The highest BCUT2D eigenvalue weighted by atomic mass is 127. The first-order valence-electron chi connectivity index (χ1n) is 8.63. The Balaban J connectivity index is 0.00000338. The van der Waals surface area contributed by atoms with Crippen LogP contribution in [-0.2, 0) is 10.0 Å². The van der Waals surface area contributed by atoms with Crippen LogP contribution in [0.15, 0.2) is 26.7 Å². The Morgan fingerprint density at radius 3 is 2.50 bits per heavy atom. The zero-order valence-corrected chi connectivity index (χ0v) is 19.6. The zero-order chi connectivity index (χ0) is 18.3. The Morgan fingerprint density at radius 1 is 1.27 bits per heavy atom. The molecule has 0 aromatic carbocycles. The quantitative estimate of drug-likeness (QED) is 0.249. The third kappa shape index (κ3) is 7.29. The monoisotopic (exact) mass is 515 g/mol. The number of piperazine rings is 1. The molecule has 2 rings (SSSR count). The normalized spacial score (nSPS) is 16.6. The average Bonchev–Trinajstić information content (AvgIpc) is 3.11. The second-order valence-corrected chi connectivity index (χ2v) is 9.43. The molecule has 7 nitrogen and oxygen atoms in total. The van der Waals surface area contributed by atoms with Crippen LogP contribution in [0.1, 0.15) is 13.8 Å². The Morgan fingerprint density at radius 2 is 1.96 bits per heavy atom. The van der Waals surface area contributed by atoms with Gasteiger partial charge in [-0.05, 0) is 17.4 Å². The summed E-state index contributed by atoms with van der Waals surface area (Å²) in [5, 5.41) is 5.00. The van der Waals surface area contributed by atoms with Gasteiger partial charge < -0.3 is 10.2 Å². The van der Waals surface area contributed by atoms with E-state index in [1.807, 2.05) is 0 Å². The van der Waals surface area contributed by atoms with Crippen LogP contribution < -0.4 is 10.0 Å². The van der Waals surface area contributed by atoms with Crippen LogP contribution in [-0.4, -0.2) is 77.0 Å². The van der Waals surface area contributed by atoms with Crippen molar-refractivity contribution in [1.29, 1.82) is 0 Å². The van der Waals surface area contributed by atoms with E-state index in [1.54, 1.807) is 24.6 Å². The molecule has 26 heavy (non-hydrogen) atoms. The number of nitrogens with zero attached hydrogens (tertiary/aromatic N) is 3. The van der Waals surface area contributed by atoms with Gasteiger partial charge in [0.25, 0.3) is 0 Å². The predicted octanol–water partition coefficient (Wildman–Crippen LogP) is 1.49. The average molecular weight is 515 g/mol. The smallest absolute Gasteiger partial charge is 0.250 e. The molecule has 0 spiro atoms. The van der Waals surface area contributed by atoms with Crippen molar-refractivity contribution < 1.29 is 8.42 Å². The van der Waals surface area contributed by atoms with Gasteiger partial charge in [-0.3, -0.25) is 9.89 Å². The topological polar surface area (TPSA) is 77.0 Å². The van der Waals surface area contributed by atoms with E-state index in [0.717, 1.165) is 38.7 Å². The summed E-state index contributed by atoms with van der Waals surface area (Å²) in [6.45, 7) is 10.4. The van der Waals surface area contributed by atoms with Gasteiger partial charge in [-0.1, -0.05) is 19.9 Å². The fraction of sp³-hybridized carbons (Fsp3) is 0.688. The number of hydrogen-bond donors (Lipinski definition) is 2. The second kappa shape index (κ2) is 11.4. The number of thiophene rings is 1. The minimum atomic E-state index is -3.40. The second-order valence-electron chi connectivity index (χ2n) is 6.49. The first kappa shape index (κ1) is 23.6. The van der Waals surface area contributed by atoms with Crippen LogP contribution in [0.25, 0.3) is 0 Å². The number of rotatable bonds is 7. The first-order chi connectivity index (χ1) is 11.9. The molecule has 0 unspecified atom stereocenters. The number of nitrogens with one attached hydrogen (secondary N) is 2. The van der Waals surface area contributed by atoms with Gasteiger partial charge in [0.05, 0.1) is 0 Å². The van der Waals surface area contributed by atoms with Crippen LogP contribution in [0.4, 0.5) is 0 Å². The molecule has 0 amide bonds. The molecule has 1 aromatic rings. The lowest BCUT2D eigenvalue weighted by Gasteiger charge is -2.37. The van der Waals surface area contributed by atoms with E-state index in [1.165, 1.54) is 11.3 Å². The molecule has 0 radical (unpaired) electrons. The molecule has 150 valence electrons. The van der Waals surface area contributed by atoms with Crippen molar-refractivity contribution in [1.82, 2.24) is 19.8 Å². The molecule has 1 aromatic heterocycles. The Bertz CT molecular complexity index is 642. The maximum Gasteiger partial charge on any atom is 0.250 e. The minimum absolute atomic E-state index is 0. The number of aliphatic imine (C=N–C) groups is 1. The van der Waals surface area contributed by atoms with Gasteiger partial charge in [-0.15, -0.1) is 35.3 Å². The summed E-state index contributed by atoms with van der Waals surface area (Å²) in [5.41, 5.74) is 0. The molecule has 0 aliphatic carbocycles. The third-order valence-electron chi connectivity index (χ3n) is 3.97. The molecular weight excluding hydrogens is 485 g/mol. The van der Waals surface area contributed by atoms with Crippen LogP contribution >= 0.6 is 35.3 Å². The van der Waals surface area contributed by atoms with Crippen LogP contribution in [0.5, 0.6) is 0 Å². The molecule has 1 aliphatic heterocycles. The van der Waals surface area contributed by atoms with Crippen molar-refractivity contribution in [3.8, 4) is 0 Å². The van der Waals surface area contributed by atoms with E-state index < -0.39 is 10.0 Å². The molecule has 1 saturated heterocycles. The highest BCUT2D eigenvalue weighted by Crippen LogP contribution is 2.14. The summed E-state index contributed by atoms with van der Waals surface area (Å²) in [4.78, 5) is 9.02. The van der Waals surface area contributed by atoms with Gasteiger partial charge in [0.1, 0.15) is 4.21 Å². The van der Waals surface area contributed by atoms with E-state index in [0.29, 0.717) is 23.2 Å². The third-order valence-corrected chi connectivity index (χ3v) is 6.83. The van der Waals surface area contributed by atoms with Gasteiger partial charge in [0.15, 0.2) is 5.96 Å². The maximum atomic E-state index is 12.1. The maximum absolute atomic E-state index is 12.1. The van der Waals surface area contributed by atoms with Gasteiger partial charge in [0.2, 0.25) is 10.0 Å². The molecule has 1 aliphatic rings. The Labute approximate surface area is 178 Å². The first-order valence-corrected chi connectivity index (χ1v) is 11.0. The highest BCUT2D eigenvalue weighted by molar-refractivity contribution is 14.0. The van der Waals surface area contributed by atoms with Crippen molar-refractivity contribution in [3.63, 3.8) is 0 Å². The van der Waals surface area contributed by atoms with Gasteiger partial charge in [-0.2, -0.15) is 0 Å². The molecular formula is C16H30IN5O2S2. The lowest BCUT2D eigenvalue weighted by Crippen LogP contribution is -2.53. The molecule has 10 heteroatoms. The van der Waals surface area contributed by atoms with Gasteiger partial charge >= 0.3 is 0 Å². The minimum Gasteiger partial charge on any atom is -0.355 e. The van der Waals surface area contributed by atoms with Crippen LogP contribution in [0.2, 0.25) is 0 Å². The number of halogens is 1. The number of hydrogen-bond acceptors (Lipinski definition) is 5. The van der Waals surface area contributed by atoms with Crippen molar-refractivity contribution in [2.45, 2.75) is 18.1 Å². The molecule has 0 bridgehead atoms. The summed E-state index contributed by atoms with van der Waals surface area (Å²) in [7, 11) is -1.63.